The Morgan fingerprint density at radius 1 is 1.23 bits per heavy atom. The molecule has 3 nitrogen and oxygen atoms in total. The molecule has 0 aromatic heterocycles. The van der Waals surface area contributed by atoms with Gasteiger partial charge in [-0.05, 0) is 34.4 Å². The van der Waals surface area contributed by atoms with Crippen LogP contribution in [0.3, 0.4) is 0 Å². The highest BCUT2D eigenvalue weighted by Gasteiger charge is 2.04. The van der Waals surface area contributed by atoms with Gasteiger partial charge in [-0.15, -0.1) is 0 Å². The van der Waals surface area contributed by atoms with E-state index in [9.17, 15) is 0 Å². The largest absolute Gasteiger partial charge is 0.308 e. The average molecular weight is 185 g/mol. The first-order valence-corrected chi connectivity index (χ1v) is 5.01. The van der Waals surface area contributed by atoms with Crippen molar-refractivity contribution in [2.75, 3.05) is 27.2 Å². The van der Waals surface area contributed by atoms with Crippen LogP contribution in [-0.2, 0) is 0 Å². The lowest BCUT2D eigenvalue weighted by Crippen LogP contribution is -2.32. The van der Waals surface area contributed by atoms with Gasteiger partial charge in [0, 0.05) is 25.3 Å². The van der Waals surface area contributed by atoms with E-state index in [-0.39, 0.29) is 0 Å². The summed E-state index contributed by atoms with van der Waals surface area (Å²) >= 11 is 0. The molecule has 0 unspecified atom stereocenters. The highest BCUT2D eigenvalue weighted by Crippen LogP contribution is 1.98. The Kier molecular flexibility index (Phi) is 6.59. The molecule has 0 fully saturated rings. The van der Waals surface area contributed by atoms with Crippen LogP contribution in [0.5, 0.6) is 0 Å². The molecule has 0 spiro atoms. The maximum absolute atomic E-state index is 4.40. The standard InChI is InChI=1S/C10H23N3/c1-6-7-11-13(10(2)3)9-8-12(4)5/h7,10H,6,8-9H2,1-5H3/b11-7-. The van der Waals surface area contributed by atoms with E-state index in [1.165, 1.54) is 0 Å². The lowest BCUT2D eigenvalue weighted by atomic mass is 10.3. The Bertz CT molecular complexity index is 141. The van der Waals surface area contributed by atoms with E-state index in [0.717, 1.165) is 19.5 Å². The maximum atomic E-state index is 4.40. The molecule has 0 N–H and O–H groups in total. The molecule has 0 atom stereocenters. The van der Waals surface area contributed by atoms with Crippen molar-refractivity contribution in [3.05, 3.63) is 0 Å². The molecule has 0 amide bonds. The van der Waals surface area contributed by atoms with Crippen molar-refractivity contribution in [3.8, 4) is 0 Å². The molecule has 13 heavy (non-hydrogen) atoms. The second-order valence-corrected chi connectivity index (χ2v) is 3.77. The van der Waals surface area contributed by atoms with Crippen LogP contribution in [0.4, 0.5) is 0 Å². The molecular weight excluding hydrogens is 162 g/mol. The first-order valence-electron chi connectivity index (χ1n) is 5.01. The van der Waals surface area contributed by atoms with Gasteiger partial charge in [-0.2, -0.15) is 5.10 Å². The maximum Gasteiger partial charge on any atom is 0.0490 e. The molecule has 0 saturated heterocycles. The van der Waals surface area contributed by atoms with Crippen molar-refractivity contribution in [2.24, 2.45) is 5.10 Å². The molecule has 0 bridgehead atoms. The summed E-state index contributed by atoms with van der Waals surface area (Å²) in [5, 5.41) is 6.52. The first kappa shape index (κ1) is 12.4. The number of hydrogen-bond donors (Lipinski definition) is 0. The van der Waals surface area contributed by atoms with Gasteiger partial charge >= 0.3 is 0 Å². The fraction of sp³-hybridized carbons (Fsp3) is 0.900. The molecule has 0 aliphatic carbocycles. The lowest BCUT2D eigenvalue weighted by molar-refractivity contribution is 0.208. The molecule has 0 saturated carbocycles. The molecular formula is C10H23N3. The van der Waals surface area contributed by atoms with Crippen LogP contribution in [0.2, 0.25) is 0 Å². The first-order chi connectivity index (χ1) is 6.07. The predicted molar refractivity (Wildman–Crippen MR) is 59.2 cm³/mol. The number of likely N-dealkylation sites (N-methyl/N-ethyl adjacent to an activating group) is 1. The minimum Gasteiger partial charge on any atom is -0.308 e. The van der Waals surface area contributed by atoms with Gasteiger partial charge in [-0.25, -0.2) is 0 Å². The number of rotatable bonds is 6. The summed E-state index contributed by atoms with van der Waals surface area (Å²) in [5.74, 6) is 0. The Morgan fingerprint density at radius 2 is 1.85 bits per heavy atom. The summed E-state index contributed by atoms with van der Waals surface area (Å²) in [4.78, 5) is 2.18. The molecule has 0 aliphatic heterocycles. The normalized spacial score (nSPS) is 11.9. The van der Waals surface area contributed by atoms with Gasteiger partial charge in [-0.3, -0.25) is 5.01 Å². The minimum absolute atomic E-state index is 0.489. The zero-order valence-electron chi connectivity index (χ0n) is 9.62. The van der Waals surface area contributed by atoms with Crippen LogP contribution in [0.1, 0.15) is 27.2 Å². The monoisotopic (exact) mass is 185 g/mol. The smallest absolute Gasteiger partial charge is 0.0490 e. The summed E-state index contributed by atoms with van der Waals surface area (Å²) in [6.07, 6.45) is 2.97. The summed E-state index contributed by atoms with van der Waals surface area (Å²) < 4.78 is 0. The average Bonchev–Trinajstić information content (AvgIpc) is 2.03. The van der Waals surface area contributed by atoms with E-state index in [1.807, 2.05) is 6.21 Å². The van der Waals surface area contributed by atoms with Crippen molar-refractivity contribution >= 4 is 6.21 Å². The van der Waals surface area contributed by atoms with Gasteiger partial charge in [0.2, 0.25) is 0 Å². The molecule has 0 aromatic carbocycles. The molecule has 0 aromatic rings. The second kappa shape index (κ2) is 6.89. The van der Waals surface area contributed by atoms with E-state index in [2.05, 4.69) is 49.9 Å². The molecule has 0 radical (unpaired) electrons. The van der Waals surface area contributed by atoms with Crippen molar-refractivity contribution in [1.82, 2.24) is 9.91 Å². The van der Waals surface area contributed by atoms with Crippen LogP contribution in [-0.4, -0.2) is 49.4 Å². The van der Waals surface area contributed by atoms with Gasteiger partial charge < -0.3 is 4.90 Å². The summed E-state index contributed by atoms with van der Waals surface area (Å²) in [6, 6.07) is 0.489. The van der Waals surface area contributed by atoms with Crippen LogP contribution in [0.15, 0.2) is 5.10 Å². The van der Waals surface area contributed by atoms with E-state index in [1.54, 1.807) is 0 Å². The van der Waals surface area contributed by atoms with Crippen molar-refractivity contribution < 1.29 is 0 Å². The Morgan fingerprint density at radius 3 is 2.23 bits per heavy atom. The SMILES string of the molecule is CC/C=N\N(CCN(C)C)C(C)C. The number of hydrogen-bond acceptors (Lipinski definition) is 3. The zero-order valence-corrected chi connectivity index (χ0v) is 9.62. The Balaban J connectivity index is 3.88. The van der Waals surface area contributed by atoms with Gasteiger partial charge in [0.1, 0.15) is 0 Å². The van der Waals surface area contributed by atoms with Gasteiger partial charge in [-0.1, -0.05) is 6.92 Å². The molecule has 0 aliphatic rings. The third-order valence-electron chi connectivity index (χ3n) is 1.78. The predicted octanol–water partition coefficient (Wildman–Crippen LogP) is 1.65. The quantitative estimate of drug-likeness (QED) is 0.463. The number of nitrogens with zero attached hydrogens (tertiary/aromatic N) is 3. The van der Waals surface area contributed by atoms with Gasteiger partial charge in [0.15, 0.2) is 0 Å². The van der Waals surface area contributed by atoms with Crippen LogP contribution >= 0.6 is 0 Å². The van der Waals surface area contributed by atoms with Crippen LogP contribution in [0, 0.1) is 0 Å². The van der Waals surface area contributed by atoms with Crippen LogP contribution in [0.25, 0.3) is 0 Å². The van der Waals surface area contributed by atoms with E-state index in [4.69, 9.17) is 0 Å². The highest BCUT2D eigenvalue weighted by atomic mass is 15.5. The second-order valence-electron chi connectivity index (χ2n) is 3.77. The highest BCUT2D eigenvalue weighted by molar-refractivity contribution is 5.56. The zero-order chi connectivity index (χ0) is 10.3. The Hall–Kier alpha value is -0.570. The van der Waals surface area contributed by atoms with Crippen molar-refractivity contribution in [1.29, 1.82) is 0 Å². The van der Waals surface area contributed by atoms with Crippen molar-refractivity contribution in [2.45, 2.75) is 33.2 Å². The fourth-order valence-corrected chi connectivity index (χ4v) is 0.938. The molecule has 0 heterocycles. The molecule has 3 heteroatoms. The molecule has 0 rings (SSSR count). The minimum atomic E-state index is 0.489. The summed E-state index contributed by atoms with van der Waals surface area (Å²) in [6.45, 7) is 8.50. The van der Waals surface area contributed by atoms with Gasteiger partial charge in [0.05, 0.1) is 0 Å². The summed E-state index contributed by atoms with van der Waals surface area (Å²) in [7, 11) is 4.17. The number of hydrazone groups is 1. The summed E-state index contributed by atoms with van der Waals surface area (Å²) in [5.41, 5.74) is 0. The van der Waals surface area contributed by atoms with Crippen molar-refractivity contribution in [3.63, 3.8) is 0 Å². The van der Waals surface area contributed by atoms with Crippen LogP contribution < -0.4 is 0 Å². The van der Waals surface area contributed by atoms with E-state index >= 15 is 0 Å². The third-order valence-corrected chi connectivity index (χ3v) is 1.78. The van der Waals surface area contributed by atoms with E-state index < -0.39 is 0 Å². The topological polar surface area (TPSA) is 18.8 Å². The van der Waals surface area contributed by atoms with Gasteiger partial charge in [0.25, 0.3) is 0 Å². The fourth-order valence-electron chi connectivity index (χ4n) is 0.938. The molecule has 78 valence electrons. The third kappa shape index (κ3) is 6.58. The van der Waals surface area contributed by atoms with E-state index in [0.29, 0.717) is 6.04 Å². The lowest BCUT2D eigenvalue weighted by Gasteiger charge is -2.24. The Labute approximate surface area is 82.4 Å².